The van der Waals surface area contributed by atoms with Crippen molar-refractivity contribution in [3.8, 4) is 46.0 Å². The van der Waals surface area contributed by atoms with E-state index in [0.29, 0.717) is 57.1 Å². The van der Waals surface area contributed by atoms with Crippen LogP contribution >= 0.6 is 0 Å². The van der Waals surface area contributed by atoms with Crippen LogP contribution in [0.1, 0.15) is 21.5 Å². The Morgan fingerprint density at radius 2 is 1.13 bits per heavy atom. The Kier molecular flexibility index (Phi) is 9.70. The summed E-state index contributed by atoms with van der Waals surface area (Å²) in [4.78, 5) is 13.1. The predicted octanol–water partition coefficient (Wildman–Crippen LogP) is 5.22. The summed E-state index contributed by atoms with van der Waals surface area (Å²) in [7, 11) is 10.7. The van der Waals surface area contributed by atoms with E-state index in [0.717, 1.165) is 5.56 Å². The van der Waals surface area contributed by atoms with Gasteiger partial charge in [-0.1, -0.05) is 12.1 Å². The highest BCUT2D eigenvalue weighted by atomic mass is 16.5. The molecule has 0 unspecified atom stereocenters. The molecular weight excluding hydrogens is 492 g/mol. The molecule has 0 aliphatic heterocycles. The van der Waals surface area contributed by atoms with Crippen LogP contribution in [0.25, 0.3) is 6.08 Å². The van der Waals surface area contributed by atoms with Crippen molar-refractivity contribution in [2.45, 2.75) is 6.61 Å². The molecule has 9 nitrogen and oxygen atoms in total. The first kappa shape index (κ1) is 28.0. The van der Waals surface area contributed by atoms with Crippen LogP contribution in [-0.2, 0) is 6.61 Å². The molecule has 9 heteroatoms. The van der Waals surface area contributed by atoms with Crippen molar-refractivity contribution in [2.24, 2.45) is 0 Å². The lowest BCUT2D eigenvalue weighted by Gasteiger charge is -2.16. The van der Waals surface area contributed by atoms with Gasteiger partial charge in [0.15, 0.2) is 40.3 Å². The van der Waals surface area contributed by atoms with Gasteiger partial charge in [-0.15, -0.1) is 0 Å². The number of ketones is 1. The first-order chi connectivity index (χ1) is 18.4. The largest absolute Gasteiger partial charge is 0.493 e. The predicted molar refractivity (Wildman–Crippen MR) is 143 cm³/mol. The molecule has 3 aromatic rings. The second-order valence-electron chi connectivity index (χ2n) is 7.84. The van der Waals surface area contributed by atoms with Crippen molar-refractivity contribution in [3.05, 3.63) is 65.2 Å². The number of methoxy groups -OCH3 is 7. The van der Waals surface area contributed by atoms with E-state index in [2.05, 4.69) is 0 Å². The summed E-state index contributed by atoms with van der Waals surface area (Å²) in [6, 6.07) is 12.2. The fourth-order valence-corrected chi connectivity index (χ4v) is 3.76. The van der Waals surface area contributed by atoms with Gasteiger partial charge in [-0.05, 0) is 53.6 Å². The monoisotopic (exact) mass is 524 g/mol. The fourth-order valence-electron chi connectivity index (χ4n) is 3.76. The van der Waals surface area contributed by atoms with Crippen LogP contribution in [0.3, 0.4) is 0 Å². The summed E-state index contributed by atoms with van der Waals surface area (Å²) in [5.74, 6) is 3.47. The van der Waals surface area contributed by atoms with Crippen LogP contribution in [0, 0.1) is 0 Å². The van der Waals surface area contributed by atoms with Gasteiger partial charge in [-0.3, -0.25) is 4.79 Å². The maximum Gasteiger partial charge on any atom is 0.203 e. The zero-order valence-electron chi connectivity index (χ0n) is 22.6. The molecule has 0 fully saturated rings. The SMILES string of the molecule is COc1ccc(COc2c(OC)cc(C(=O)/C=C/c3cc(OC)c(OC)c(OC)c3)cc2OC)cc1OC. The van der Waals surface area contributed by atoms with Crippen LogP contribution < -0.4 is 37.9 Å². The Morgan fingerprint density at radius 1 is 0.605 bits per heavy atom. The highest BCUT2D eigenvalue weighted by Gasteiger charge is 2.18. The molecule has 0 aromatic heterocycles. The third kappa shape index (κ3) is 6.23. The van der Waals surface area contributed by atoms with Crippen LogP contribution in [0.5, 0.6) is 46.0 Å². The smallest absolute Gasteiger partial charge is 0.203 e. The molecule has 0 saturated heterocycles. The van der Waals surface area contributed by atoms with Crippen LogP contribution in [0.4, 0.5) is 0 Å². The number of carbonyl (C=O) groups excluding carboxylic acids is 1. The lowest BCUT2D eigenvalue weighted by Crippen LogP contribution is -2.03. The second-order valence-corrected chi connectivity index (χ2v) is 7.84. The van der Waals surface area contributed by atoms with Crippen LogP contribution in [0.15, 0.2) is 48.5 Å². The molecule has 0 amide bonds. The number of hydrogen-bond acceptors (Lipinski definition) is 9. The molecule has 0 radical (unpaired) electrons. The Bertz CT molecular complexity index is 1250. The van der Waals surface area contributed by atoms with Gasteiger partial charge >= 0.3 is 0 Å². The van der Waals surface area contributed by atoms with Gasteiger partial charge in [0.25, 0.3) is 0 Å². The lowest BCUT2D eigenvalue weighted by atomic mass is 10.1. The van der Waals surface area contributed by atoms with Crippen molar-refractivity contribution >= 4 is 11.9 Å². The average molecular weight is 525 g/mol. The van der Waals surface area contributed by atoms with Crippen molar-refractivity contribution in [2.75, 3.05) is 49.8 Å². The average Bonchev–Trinajstić information content (AvgIpc) is 2.97. The van der Waals surface area contributed by atoms with Crippen LogP contribution in [-0.4, -0.2) is 55.6 Å². The quantitative estimate of drug-likeness (QED) is 0.220. The molecule has 0 N–H and O–H groups in total. The lowest BCUT2D eigenvalue weighted by molar-refractivity contribution is 0.104. The molecule has 0 bridgehead atoms. The van der Waals surface area contributed by atoms with Crippen molar-refractivity contribution < 1.29 is 42.7 Å². The second kappa shape index (κ2) is 13.1. The van der Waals surface area contributed by atoms with E-state index < -0.39 is 0 Å². The summed E-state index contributed by atoms with van der Waals surface area (Å²) in [5.41, 5.74) is 1.91. The third-order valence-electron chi connectivity index (χ3n) is 5.69. The fraction of sp³-hybridized carbons (Fsp3) is 0.276. The normalized spacial score (nSPS) is 10.6. The van der Waals surface area contributed by atoms with E-state index >= 15 is 0 Å². The van der Waals surface area contributed by atoms with Gasteiger partial charge in [0.1, 0.15) is 6.61 Å². The van der Waals surface area contributed by atoms with Crippen molar-refractivity contribution in [1.29, 1.82) is 0 Å². The van der Waals surface area contributed by atoms with E-state index in [-0.39, 0.29) is 12.4 Å². The Balaban J connectivity index is 1.86. The first-order valence-electron chi connectivity index (χ1n) is 11.5. The maximum absolute atomic E-state index is 13.1. The summed E-state index contributed by atoms with van der Waals surface area (Å²) in [5, 5.41) is 0. The number of allylic oxidation sites excluding steroid dienone is 1. The van der Waals surface area contributed by atoms with E-state index in [9.17, 15) is 4.79 Å². The number of hydrogen-bond donors (Lipinski definition) is 0. The van der Waals surface area contributed by atoms with Gasteiger partial charge in [-0.2, -0.15) is 0 Å². The molecule has 0 heterocycles. The standard InChI is InChI=1S/C29H32O9/c1-31-22-11-9-19(14-23(22)32-2)17-38-29-26(35-5)15-20(16-27(29)36-6)21(30)10-8-18-12-24(33-3)28(37-7)25(13-18)34-4/h8-16H,17H2,1-7H3/b10-8+. The van der Waals surface area contributed by atoms with E-state index in [1.807, 2.05) is 12.1 Å². The zero-order chi connectivity index (χ0) is 27.7. The highest BCUT2D eigenvalue weighted by Crippen LogP contribution is 2.40. The summed E-state index contributed by atoms with van der Waals surface area (Å²) >= 11 is 0. The molecule has 0 atom stereocenters. The molecule has 202 valence electrons. The van der Waals surface area contributed by atoms with Crippen molar-refractivity contribution in [3.63, 3.8) is 0 Å². The van der Waals surface area contributed by atoms with Gasteiger partial charge in [-0.25, -0.2) is 0 Å². The van der Waals surface area contributed by atoms with Gasteiger partial charge in [0.2, 0.25) is 11.5 Å². The molecule has 0 aliphatic carbocycles. The number of carbonyl (C=O) groups is 1. The molecule has 0 saturated carbocycles. The number of ether oxygens (including phenoxy) is 8. The minimum Gasteiger partial charge on any atom is -0.493 e. The van der Waals surface area contributed by atoms with Gasteiger partial charge < -0.3 is 37.9 Å². The summed E-state index contributed by atoms with van der Waals surface area (Å²) < 4.78 is 43.8. The molecule has 3 aromatic carbocycles. The third-order valence-corrected chi connectivity index (χ3v) is 5.69. The highest BCUT2D eigenvalue weighted by molar-refractivity contribution is 6.07. The van der Waals surface area contributed by atoms with Crippen molar-refractivity contribution in [1.82, 2.24) is 0 Å². The van der Waals surface area contributed by atoms with E-state index in [1.54, 1.807) is 50.6 Å². The topological polar surface area (TPSA) is 90.9 Å². The maximum atomic E-state index is 13.1. The minimum absolute atomic E-state index is 0.210. The first-order valence-corrected chi connectivity index (χ1v) is 11.5. The molecule has 0 spiro atoms. The Morgan fingerprint density at radius 3 is 1.63 bits per heavy atom. The number of benzene rings is 3. The van der Waals surface area contributed by atoms with Crippen LogP contribution in [0.2, 0.25) is 0 Å². The van der Waals surface area contributed by atoms with Gasteiger partial charge in [0.05, 0.1) is 49.8 Å². The zero-order valence-corrected chi connectivity index (χ0v) is 22.6. The van der Waals surface area contributed by atoms with E-state index in [1.165, 1.54) is 41.6 Å². The molecule has 38 heavy (non-hydrogen) atoms. The summed E-state index contributed by atoms with van der Waals surface area (Å²) in [6.45, 7) is 0.210. The Labute approximate surface area is 222 Å². The van der Waals surface area contributed by atoms with E-state index in [4.69, 9.17) is 37.9 Å². The van der Waals surface area contributed by atoms with Gasteiger partial charge in [0, 0.05) is 5.56 Å². The molecule has 3 rings (SSSR count). The summed E-state index contributed by atoms with van der Waals surface area (Å²) in [6.07, 6.45) is 3.10. The molecular formula is C29H32O9. The molecule has 0 aliphatic rings. The Hall–Kier alpha value is -4.53. The minimum atomic E-state index is -0.262. The number of rotatable bonds is 13.